The van der Waals surface area contributed by atoms with Crippen LogP contribution in [0.3, 0.4) is 0 Å². The van der Waals surface area contributed by atoms with Crippen molar-refractivity contribution in [2.45, 2.75) is 4.90 Å². The highest BCUT2D eigenvalue weighted by Crippen LogP contribution is 2.38. The zero-order chi connectivity index (χ0) is 19.8. The fourth-order valence-corrected chi connectivity index (χ4v) is 3.87. The van der Waals surface area contributed by atoms with Crippen molar-refractivity contribution < 1.29 is 13.5 Å². The van der Waals surface area contributed by atoms with E-state index in [1.54, 1.807) is 23.7 Å². The van der Waals surface area contributed by atoms with Crippen molar-refractivity contribution in [1.82, 2.24) is 4.57 Å². The van der Waals surface area contributed by atoms with Crippen molar-refractivity contribution in [2.24, 2.45) is 22.4 Å². The van der Waals surface area contributed by atoms with Crippen LogP contribution < -0.4 is 10.5 Å². The molecule has 0 aliphatic rings. The first kappa shape index (κ1) is 19.7. The van der Waals surface area contributed by atoms with Crippen molar-refractivity contribution in [2.75, 3.05) is 5.32 Å². The second-order valence-corrected chi connectivity index (χ2v) is 8.73. The molecule has 3 aromatic rings. The molecule has 2 aromatic carbocycles. The number of hydrogen-bond donors (Lipinski definition) is 3. The molecule has 27 heavy (non-hydrogen) atoms. The average Bonchev–Trinajstić information content (AvgIpc) is 2.83. The third-order valence-electron chi connectivity index (χ3n) is 3.78. The van der Waals surface area contributed by atoms with Gasteiger partial charge in [0, 0.05) is 16.0 Å². The molecule has 1 heterocycles. The summed E-state index contributed by atoms with van der Waals surface area (Å²) in [5.74, 6) is -0.0523. The van der Waals surface area contributed by atoms with Crippen molar-refractivity contribution in [3.8, 4) is 5.88 Å². The van der Waals surface area contributed by atoms with Crippen molar-refractivity contribution in [1.29, 1.82) is 0 Å². The van der Waals surface area contributed by atoms with Gasteiger partial charge in [0.1, 0.15) is 4.90 Å². The lowest BCUT2D eigenvalue weighted by atomic mass is 10.2. The molecule has 1 aromatic heterocycles. The molecule has 4 N–H and O–H groups in total. The molecule has 0 aliphatic carbocycles. The van der Waals surface area contributed by atoms with Gasteiger partial charge in [-0.2, -0.15) is 0 Å². The molecule has 0 spiro atoms. The highest BCUT2D eigenvalue weighted by molar-refractivity contribution is 14.1. The number of primary sulfonamides is 1. The van der Waals surface area contributed by atoms with Gasteiger partial charge in [-0.1, -0.05) is 12.1 Å². The number of para-hydroxylation sites is 1. The molecule has 0 saturated carbocycles. The Balaban J connectivity index is 1.92. The summed E-state index contributed by atoms with van der Waals surface area (Å²) in [6.07, 6.45) is 0. The summed E-state index contributed by atoms with van der Waals surface area (Å²) in [5, 5.41) is 26.8. The zero-order valence-corrected chi connectivity index (χ0v) is 17.7. The van der Waals surface area contributed by atoms with Crippen LogP contribution in [-0.4, -0.2) is 23.2 Å². The number of aromatic nitrogens is 1. The number of aromatic hydroxyl groups is 1. The number of nitrogens with one attached hydrogen (secondary N) is 1. The Hall–Kier alpha value is -2.09. The van der Waals surface area contributed by atoms with Crippen LogP contribution in [-0.2, 0) is 17.1 Å². The maximum atomic E-state index is 11.6. The molecule has 8 nitrogen and oxygen atoms in total. The third-order valence-corrected chi connectivity index (χ3v) is 5.60. The Labute approximate surface area is 174 Å². The van der Waals surface area contributed by atoms with Gasteiger partial charge in [0.05, 0.1) is 11.2 Å². The van der Waals surface area contributed by atoms with E-state index in [0.29, 0.717) is 0 Å². The van der Waals surface area contributed by atoms with Crippen LogP contribution in [0, 0.1) is 3.57 Å². The van der Waals surface area contributed by atoms with Gasteiger partial charge in [0.2, 0.25) is 21.0 Å². The predicted molar refractivity (Wildman–Crippen MR) is 116 cm³/mol. The first-order chi connectivity index (χ1) is 12.7. The third kappa shape index (κ3) is 4.10. The Kier molecular flexibility index (Phi) is 5.46. The predicted octanol–water partition coefficient (Wildman–Crippen LogP) is 3.62. The van der Waals surface area contributed by atoms with Crippen molar-refractivity contribution >= 4 is 72.2 Å². The monoisotopic (exact) mass is 515 g/mol. The molecule has 0 amide bonds. The van der Waals surface area contributed by atoms with E-state index < -0.39 is 10.0 Å². The smallest absolute Gasteiger partial charge is 0.240 e. The Morgan fingerprint density at radius 3 is 2.70 bits per heavy atom. The van der Waals surface area contributed by atoms with Crippen molar-refractivity contribution in [3.05, 3.63) is 46.0 Å². The van der Waals surface area contributed by atoms with Crippen LogP contribution in [0.25, 0.3) is 10.9 Å². The van der Waals surface area contributed by atoms with E-state index in [9.17, 15) is 13.5 Å². The van der Waals surface area contributed by atoms with Gasteiger partial charge in [-0.05, 0) is 65.1 Å². The fraction of sp³-hybridized carbons (Fsp3) is 0.0625. The van der Waals surface area contributed by atoms with Gasteiger partial charge in [-0.15, -0.1) is 10.2 Å². The maximum absolute atomic E-state index is 11.6. The summed E-state index contributed by atoms with van der Waals surface area (Å²) in [7, 11) is -2.21. The summed E-state index contributed by atoms with van der Waals surface area (Å²) >= 11 is 7.28. The first-order valence-electron chi connectivity index (χ1n) is 7.50. The van der Waals surface area contributed by atoms with Crippen LogP contribution in [0.5, 0.6) is 5.88 Å². The number of azo groups is 1. The van der Waals surface area contributed by atoms with Gasteiger partial charge in [0.15, 0.2) is 5.69 Å². The van der Waals surface area contributed by atoms with Crippen LogP contribution in [0.1, 0.15) is 0 Å². The van der Waals surface area contributed by atoms with E-state index in [4.69, 9.17) is 17.4 Å². The van der Waals surface area contributed by atoms with Crippen LogP contribution in [0.2, 0.25) is 0 Å². The lowest BCUT2D eigenvalue weighted by Gasteiger charge is -2.08. The van der Waals surface area contributed by atoms with Crippen LogP contribution in [0.4, 0.5) is 11.4 Å². The van der Waals surface area contributed by atoms with Gasteiger partial charge < -0.3 is 15.0 Å². The minimum absolute atomic E-state index is 0.0523. The Morgan fingerprint density at radius 1 is 1.30 bits per heavy atom. The Morgan fingerprint density at radius 2 is 2.00 bits per heavy atom. The first-order valence-corrected chi connectivity index (χ1v) is 10.5. The average molecular weight is 515 g/mol. The quantitative estimate of drug-likeness (QED) is 0.280. The SMILES string of the molecule is Cn1c(O)c(N=NC(=S)Nc2ccccc2S(N)(=O)=O)c2cc(I)ccc21. The number of anilines is 1. The highest BCUT2D eigenvalue weighted by Gasteiger charge is 2.16. The summed E-state index contributed by atoms with van der Waals surface area (Å²) in [6.45, 7) is 0. The number of aryl methyl sites for hydroxylation is 1. The van der Waals surface area contributed by atoms with Crippen molar-refractivity contribution in [3.63, 3.8) is 0 Å². The molecule has 140 valence electrons. The number of nitrogens with two attached hydrogens (primary N) is 1. The molecular weight excluding hydrogens is 501 g/mol. The maximum Gasteiger partial charge on any atom is 0.240 e. The second kappa shape index (κ2) is 7.50. The summed E-state index contributed by atoms with van der Waals surface area (Å²) in [6, 6.07) is 11.7. The molecular formula is C16H14IN5O3S2. The molecule has 0 saturated heterocycles. The number of rotatable bonds is 3. The number of thiocarbonyl (C=S) groups is 1. The van der Waals surface area contributed by atoms with Gasteiger partial charge in [-0.25, -0.2) is 13.6 Å². The van der Waals surface area contributed by atoms with Gasteiger partial charge >= 0.3 is 0 Å². The largest absolute Gasteiger partial charge is 0.493 e. The lowest BCUT2D eigenvalue weighted by Crippen LogP contribution is -2.16. The number of nitrogens with zero attached hydrogens (tertiary/aromatic N) is 3. The summed E-state index contributed by atoms with van der Waals surface area (Å²) in [4.78, 5) is -0.106. The highest BCUT2D eigenvalue weighted by atomic mass is 127. The van der Waals surface area contributed by atoms with Crippen LogP contribution >= 0.6 is 34.8 Å². The molecule has 0 atom stereocenters. The van der Waals surface area contributed by atoms with E-state index in [0.717, 1.165) is 14.5 Å². The normalized spacial score (nSPS) is 12.0. The minimum atomic E-state index is -3.92. The number of sulfonamides is 1. The zero-order valence-electron chi connectivity index (χ0n) is 13.9. The Bertz CT molecular complexity index is 1190. The molecule has 0 unspecified atom stereocenters. The molecule has 11 heteroatoms. The van der Waals surface area contributed by atoms with E-state index in [1.165, 1.54) is 12.1 Å². The summed E-state index contributed by atoms with van der Waals surface area (Å²) in [5.41, 5.74) is 1.26. The number of halogens is 1. The summed E-state index contributed by atoms with van der Waals surface area (Å²) < 4.78 is 25.9. The molecule has 0 bridgehead atoms. The topological polar surface area (TPSA) is 122 Å². The molecule has 3 rings (SSSR count). The van der Waals surface area contributed by atoms with E-state index in [2.05, 4.69) is 38.1 Å². The van der Waals surface area contributed by atoms with Gasteiger partial charge in [-0.3, -0.25) is 0 Å². The number of fused-ring (bicyclic) bond motifs is 1. The second-order valence-electron chi connectivity index (χ2n) is 5.56. The lowest BCUT2D eigenvalue weighted by molar-refractivity contribution is 0.436. The molecule has 0 radical (unpaired) electrons. The number of benzene rings is 2. The standard InChI is InChI=1S/C16H14IN5O3S2/c1-22-12-7-6-9(17)8-10(12)14(15(22)23)20-21-16(26)19-11-4-2-3-5-13(11)27(18,24)25/h2-8,23H,1H3,(H,19,26)(H2,18,24,25). The van der Waals surface area contributed by atoms with E-state index >= 15 is 0 Å². The van der Waals surface area contributed by atoms with E-state index in [-0.39, 0.29) is 27.3 Å². The van der Waals surface area contributed by atoms with Crippen LogP contribution in [0.15, 0.2) is 57.6 Å². The fourth-order valence-electron chi connectivity index (χ4n) is 2.54. The minimum Gasteiger partial charge on any atom is -0.493 e. The molecule has 0 fully saturated rings. The van der Waals surface area contributed by atoms with Gasteiger partial charge in [0.25, 0.3) is 0 Å². The number of hydrogen-bond acceptors (Lipinski definition) is 5. The molecule has 0 aliphatic heterocycles. The van der Waals surface area contributed by atoms with E-state index in [1.807, 2.05) is 18.2 Å².